The minimum absolute atomic E-state index is 0.420. The van der Waals surface area contributed by atoms with Crippen LogP contribution in [0.15, 0.2) is 0 Å². The summed E-state index contributed by atoms with van der Waals surface area (Å²) in [6.45, 7) is 0.420. The molecule has 19 heavy (non-hydrogen) atoms. The van der Waals surface area contributed by atoms with E-state index >= 15 is 0 Å². The van der Waals surface area contributed by atoms with E-state index in [1.807, 2.05) is 0 Å². The zero-order valence-corrected chi connectivity index (χ0v) is 11.3. The number of hydrogen-bond donors (Lipinski definition) is 0. The van der Waals surface area contributed by atoms with Gasteiger partial charge in [0, 0.05) is 0 Å². The molecule has 1 aliphatic heterocycles. The predicted molar refractivity (Wildman–Crippen MR) is 63.0 cm³/mol. The molecule has 0 amide bonds. The third-order valence-corrected chi connectivity index (χ3v) is 2.92. The molecular formula is C12H22O7. The summed E-state index contributed by atoms with van der Waals surface area (Å²) in [5, 5.41) is 12.8. The SMILES string of the molecule is COC(=O)C1CCCCCCCCCOOOOO1. The van der Waals surface area contributed by atoms with Gasteiger partial charge in [0.15, 0.2) is 6.10 Å². The Labute approximate surface area is 112 Å². The van der Waals surface area contributed by atoms with Gasteiger partial charge in [0.25, 0.3) is 0 Å². The zero-order chi connectivity index (χ0) is 13.8. The minimum Gasteiger partial charge on any atom is -0.467 e. The Morgan fingerprint density at radius 1 is 0.947 bits per heavy atom. The Hall–Kier alpha value is -0.730. The van der Waals surface area contributed by atoms with Crippen LogP contribution >= 0.6 is 0 Å². The van der Waals surface area contributed by atoms with Crippen molar-refractivity contribution in [2.75, 3.05) is 13.7 Å². The molecule has 0 aromatic carbocycles. The lowest BCUT2D eigenvalue weighted by Crippen LogP contribution is -2.26. The van der Waals surface area contributed by atoms with E-state index in [4.69, 9.17) is 4.89 Å². The first-order valence-corrected chi connectivity index (χ1v) is 6.70. The van der Waals surface area contributed by atoms with Crippen molar-refractivity contribution in [3.8, 4) is 0 Å². The highest BCUT2D eigenvalue weighted by Gasteiger charge is 2.21. The van der Waals surface area contributed by atoms with Crippen LogP contribution in [0.25, 0.3) is 0 Å². The van der Waals surface area contributed by atoms with Gasteiger partial charge in [0.2, 0.25) is 0 Å². The largest absolute Gasteiger partial charge is 0.467 e. The quantitative estimate of drug-likeness (QED) is 0.538. The molecule has 112 valence electrons. The lowest BCUT2D eigenvalue weighted by Gasteiger charge is -2.12. The second-order valence-electron chi connectivity index (χ2n) is 4.40. The first-order valence-electron chi connectivity index (χ1n) is 6.70. The summed E-state index contributed by atoms with van der Waals surface area (Å²) >= 11 is 0. The highest BCUT2D eigenvalue weighted by molar-refractivity contribution is 5.74. The van der Waals surface area contributed by atoms with E-state index in [-0.39, 0.29) is 0 Å². The van der Waals surface area contributed by atoms with Crippen molar-refractivity contribution in [1.82, 2.24) is 0 Å². The van der Waals surface area contributed by atoms with E-state index in [1.165, 1.54) is 13.5 Å². The molecule has 0 N–H and O–H groups in total. The monoisotopic (exact) mass is 278 g/mol. The standard InChI is InChI=1S/C12H22O7/c1-14-12(13)11-9-7-5-3-2-4-6-8-10-15-17-19-18-16-11/h11H,2-10H2,1H3. The molecule has 1 rings (SSSR count). The van der Waals surface area contributed by atoms with Crippen LogP contribution in [0.1, 0.15) is 51.4 Å². The summed E-state index contributed by atoms with van der Waals surface area (Å²) in [5.74, 6) is -0.506. The third-order valence-electron chi connectivity index (χ3n) is 2.92. The summed E-state index contributed by atoms with van der Waals surface area (Å²) in [5.41, 5.74) is 0. The van der Waals surface area contributed by atoms with Crippen LogP contribution in [0.2, 0.25) is 0 Å². The van der Waals surface area contributed by atoms with Crippen LogP contribution in [0.4, 0.5) is 0 Å². The molecule has 0 aromatic rings. The summed E-state index contributed by atoms with van der Waals surface area (Å²) in [7, 11) is 1.29. The first kappa shape index (κ1) is 16.3. The number of ether oxygens (including phenoxy) is 1. The molecule has 0 saturated carbocycles. The first-order chi connectivity index (χ1) is 9.34. The van der Waals surface area contributed by atoms with Crippen molar-refractivity contribution >= 4 is 5.97 Å². The van der Waals surface area contributed by atoms with Gasteiger partial charge in [-0.1, -0.05) is 38.5 Å². The fourth-order valence-corrected chi connectivity index (χ4v) is 1.84. The Morgan fingerprint density at radius 2 is 1.63 bits per heavy atom. The summed E-state index contributed by atoms with van der Waals surface area (Å²) in [4.78, 5) is 20.9. The molecule has 0 spiro atoms. The van der Waals surface area contributed by atoms with Gasteiger partial charge in [-0.15, -0.1) is 0 Å². The number of carbonyl (C=O) groups excluding carboxylic acids is 1. The Bertz CT molecular complexity index is 218. The number of esters is 1. The van der Waals surface area contributed by atoms with E-state index < -0.39 is 12.1 Å². The van der Waals surface area contributed by atoms with Crippen LogP contribution in [-0.2, 0) is 34.4 Å². The lowest BCUT2D eigenvalue weighted by molar-refractivity contribution is -0.711. The van der Waals surface area contributed by atoms with E-state index in [1.54, 1.807) is 0 Å². The van der Waals surface area contributed by atoms with Crippen molar-refractivity contribution in [2.24, 2.45) is 0 Å². The van der Waals surface area contributed by atoms with Crippen molar-refractivity contribution in [3.05, 3.63) is 0 Å². The molecule has 1 atom stereocenters. The van der Waals surface area contributed by atoms with Gasteiger partial charge >= 0.3 is 5.97 Å². The van der Waals surface area contributed by atoms with Crippen molar-refractivity contribution in [3.63, 3.8) is 0 Å². The average molecular weight is 278 g/mol. The van der Waals surface area contributed by atoms with Gasteiger partial charge in [-0.3, -0.25) is 0 Å². The van der Waals surface area contributed by atoms with Gasteiger partial charge < -0.3 is 4.74 Å². The van der Waals surface area contributed by atoms with Gasteiger partial charge in [-0.05, 0) is 28.0 Å². The summed E-state index contributed by atoms with van der Waals surface area (Å²) in [6.07, 6.45) is 7.07. The van der Waals surface area contributed by atoms with Crippen molar-refractivity contribution in [1.29, 1.82) is 0 Å². The highest BCUT2D eigenvalue weighted by atomic mass is 17.8. The number of carbonyl (C=O) groups is 1. The number of hydrogen-bond acceptors (Lipinski definition) is 7. The number of methoxy groups -OCH3 is 1. The topological polar surface area (TPSA) is 72.5 Å². The van der Waals surface area contributed by atoms with E-state index in [0.717, 1.165) is 38.5 Å². The highest BCUT2D eigenvalue weighted by Crippen LogP contribution is 2.13. The fraction of sp³-hybridized carbons (Fsp3) is 0.917. The Kier molecular flexibility index (Phi) is 9.56. The zero-order valence-electron chi connectivity index (χ0n) is 11.3. The second-order valence-corrected chi connectivity index (χ2v) is 4.40. The van der Waals surface area contributed by atoms with Gasteiger partial charge in [-0.25, -0.2) is 9.68 Å². The van der Waals surface area contributed by atoms with Crippen LogP contribution in [0.3, 0.4) is 0 Å². The van der Waals surface area contributed by atoms with Gasteiger partial charge in [-0.2, -0.15) is 4.89 Å². The molecule has 1 heterocycles. The molecule has 7 heteroatoms. The fourth-order valence-electron chi connectivity index (χ4n) is 1.84. The van der Waals surface area contributed by atoms with Crippen LogP contribution in [0, 0.1) is 0 Å². The maximum atomic E-state index is 11.4. The van der Waals surface area contributed by atoms with Gasteiger partial charge in [0.1, 0.15) is 0 Å². The number of rotatable bonds is 1. The van der Waals surface area contributed by atoms with E-state index in [2.05, 4.69) is 24.7 Å². The third kappa shape index (κ3) is 8.12. The lowest BCUT2D eigenvalue weighted by atomic mass is 10.1. The van der Waals surface area contributed by atoms with Crippen molar-refractivity contribution < 1.29 is 34.4 Å². The van der Waals surface area contributed by atoms with Crippen LogP contribution in [0.5, 0.6) is 0 Å². The molecule has 1 aliphatic rings. The Balaban J connectivity index is 2.31. The molecule has 1 fully saturated rings. The Morgan fingerprint density at radius 3 is 2.37 bits per heavy atom. The maximum Gasteiger partial charge on any atom is 0.338 e. The average Bonchev–Trinajstić information content (AvgIpc) is 2.44. The molecule has 0 aliphatic carbocycles. The maximum absolute atomic E-state index is 11.4. The van der Waals surface area contributed by atoms with E-state index in [9.17, 15) is 4.79 Å². The normalized spacial score (nSPS) is 25.0. The molecule has 1 saturated heterocycles. The predicted octanol–water partition coefficient (Wildman–Crippen LogP) is 2.41. The van der Waals surface area contributed by atoms with Crippen molar-refractivity contribution in [2.45, 2.75) is 57.5 Å². The summed E-state index contributed by atoms with van der Waals surface area (Å²) in [6, 6.07) is 0. The molecule has 1 unspecified atom stereocenters. The van der Waals surface area contributed by atoms with Crippen LogP contribution < -0.4 is 0 Å². The summed E-state index contributed by atoms with van der Waals surface area (Å²) < 4.78 is 4.61. The smallest absolute Gasteiger partial charge is 0.338 e. The molecule has 7 nitrogen and oxygen atoms in total. The van der Waals surface area contributed by atoms with E-state index in [0.29, 0.717) is 13.0 Å². The molecule has 0 bridgehead atoms. The second kappa shape index (κ2) is 11.1. The minimum atomic E-state index is -0.821. The van der Waals surface area contributed by atoms with Gasteiger partial charge in [0.05, 0.1) is 13.7 Å². The molecule has 0 aromatic heterocycles. The molecular weight excluding hydrogens is 256 g/mol. The van der Waals surface area contributed by atoms with Crippen LogP contribution in [-0.4, -0.2) is 25.8 Å². The molecule has 0 radical (unpaired) electrons.